The second-order valence-electron chi connectivity index (χ2n) is 3.75. The van der Waals surface area contributed by atoms with Crippen LogP contribution in [-0.4, -0.2) is 19.9 Å². The smallest absolute Gasteiger partial charge is 0.109 e. The Kier molecular flexibility index (Phi) is 2.85. The van der Waals surface area contributed by atoms with Crippen LogP contribution in [0, 0.1) is 0 Å². The van der Waals surface area contributed by atoms with Gasteiger partial charge in [0.2, 0.25) is 0 Å². The summed E-state index contributed by atoms with van der Waals surface area (Å²) in [6, 6.07) is 0. The Labute approximate surface area is 89.2 Å². The molecule has 15 heavy (non-hydrogen) atoms. The van der Waals surface area contributed by atoms with E-state index in [9.17, 15) is 0 Å². The summed E-state index contributed by atoms with van der Waals surface area (Å²) >= 11 is 0. The first kappa shape index (κ1) is 9.96. The van der Waals surface area contributed by atoms with Gasteiger partial charge in [-0.05, 0) is 6.42 Å². The fourth-order valence-corrected chi connectivity index (χ4v) is 1.98. The van der Waals surface area contributed by atoms with Gasteiger partial charge >= 0.3 is 0 Å². The molecule has 4 nitrogen and oxygen atoms in total. The molecule has 0 aliphatic heterocycles. The van der Waals surface area contributed by atoms with Crippen molar-refractivity contribution in [2.75, 3.05) is 0 Å². The summed E-state index contributed by atoms with van der Waals surface area (Å²) in [6.45, 7) is 4.35. The molecule has 0 aromatic carbocycles. The van der Waals surface area contributed by atoms with Crippen LogP contribution >= 0.6 is 0 Å². The zero-order valence-corrected chi connectivity index (χ0v) is 9.07. The predicted octanol–water partition coefficient (Wildman–Crippen LogP) is 2.43. The van der Waals surface area contributed by atoms with E-state index in [-0.39, 0.29) is 0 Å². The second kappa shape index (κ2) is 4.29. The Morgan fingerprint density at radius 3 is 2.20 bits per heavy atom. The third-order valence-corrected chi connectivity index (χ3v) is 2.86. The molecule has 0 radical (unpaired) electrons. The maximum Gasteiger partial charge on any atom is 0.109 e. The SMILES string of the molecule is CCC(c1ncc[nH]1)C(C)c1ncc[nH]1. The van der Waals surface area contributed by atoms with Crippen LogP contribution in [-0.2, 0) is 0 Å². The number of nitrogens with zero attached hydrogens (tertiary/aromatic N) is 2. The van der Waals surface area contributed by atoms with Crippen molar-refractivity contribution in [2.45, 2.75) is 32.1 Å². The van der Waals surface area contributed by atoms with Gasteiger partial charge in [-0.3, -0.25) is 0 Å². The van der Waals surface area contributed by atoms with E-state index in [1.807, 2.05) is 12.4 Å². The first-order chi connectivity index (χ1) is 7.33. The zero-order chi connectivity index (χ0) is 10.7. The fraction of sp³-hybridized carbons (Fsp3) is 0.455. The molecule has 4 heteroatoms. The Balaban J connectivity index is 2.21. The highest BCUT2D eigenvalue weighted by atomic mass is 14.9. The number of aromatic amines is 2. The van der Waals surface area contributed by atoms with E-state index in [4.69, 9.17) is 0 Å². The van der Waals surface area contributed by atoms with E-state index in [2.05, 4.69) is 33.8 Å². The van der Waals surface area contributed by atoms with Gasteiger partial charge in [-0.1, -0.05) is 13.8 Å². The lowest BCUT2D eigenvalue weighted by Crippen LogP contribution is -2.10. The summed E-state index contributed by atoms with van der Waals surface area (Å²) in [5.41, 5.74) is 0. The van der Waals surface area contributed by atoms with Gasteiger partial charge in [-0.25, -0.2) is 9.97 Å². The molecular weight excluding hydrogens is 188 g/mol. The minimum absolute atomic E-state index is 0.358. The van der Waals surface area contributed by atoms with Gasteiger partial charge in [0.15, 0.2) is 0 Å². The minimum Gasteiger partial charge on any atom is -0.348 e. The highest BCUT2D eigenvalue weighted by Crippen LogP contribution is 2.31. The molecule has 2 N–H and O–H groups in total. The van der Waals surface area contributed by atoms with Crippen molar-refractivity contribution in [1.82, 2.24) is 19.9 Å². The largest absolute Gasteiger partial charge is 0.348 e. The van der Waals surface area contributed by atoms with E-state index in [0.717, 1.165) is 18.1 Å². The number of hydrogen-bond donors (Lipinski definition) is 2. The molecule has 0 spiro atoms. The van der Waals surface area contributed by atoms with Crippen LogP contribution in [0.4, 0.5) is 0 Å². The molecule has 2 rings (SSSR count). The van der Waals surface area contributed by atoms with Gasteiger partial charge in [-0.15, -0.1) is 0 Å². The molecule has 0 amide bonds. The summed E-state index contributed by atoms with van der Waals surface area (Å²) in [7, 11) is 0. The van der Waals surface area contributed by atoms with Crippen LogP contribution in [0.15, 0.2) is 24.8 Å². The van der Waals surface area contributed by atoms with Gasteiger partial charge in [-0.2, -0.15) is 0 Å². The average molecular weight is 204 g/mol. The third-order valence-electron chi connectivity index (χ3n) is 2.86. The lowest BCUT2D eigenvalue weighted by Gasteiger charge is -2.18. The van der Waals surface area contributed by atoms with Crippen molar-refractivity contribution in [1.29, 1.82) is 0 Å². The van der Waals surface area contributed by atoms with Gasteiger partial charge in [0, 0.05) is 36.6 Å². The Morgan fingerprint density at radius 1 is 1.13 bits per heavy atom. The van der Waals surface area contributed by atoms with Crippen LogP contribution in [0.25, 0.3) is 0 Å². The van der Waals surface area contributed by atoms with Crippen molar-refractivity contribution in [2.24, 2.45) is 0 Å². The maximum absolute atomic E-state index is 4.32. The lowest BCUT2D eigenvalue weighted by atomic mass is 9.90. The first-order valence-electron chi connectivity index (χ1n) is 5.31. The van der Waals surface area contributed by atoms with E-state index < -0.39 is 0 Å². The van der Waals surface area contributed by atoms with Crippen molar-refractivity contribution in [3.63, 3.8) is 0 Å². The minimum atomic E-state index is 0.358. The van der Waals surface area contributed by atoms with Crippen LogP contribution in [0.3, 0.4) is 0 Å². The molecule has 0 saturated heterocycles. The number of rotatable bonds is 4. The molecule has 0 bridgehead atoms. The first-order valence-corrected chi connectivity index (χ1v) is 5.31. The zero-order valence-electron chi connectivity index (χ0n) is 9.07. The normalized spacial score (nSPS) is 15.1. The summed E-state index contributed by atoms with van der Waals surface area (Å²) in [5, 5.41) is 0. The van der Waals surface area contributed by atoms with Gasteiger partial charge in [0.05, 0.1) is 0 Å². The van der Waals surface area contributed by atoms with Crippen LogP contribution in [0.2, 0.25) is 0 Å². The molecule has 2 atom stereocenters. The number of hydrogen-bond acceptors (Lipinski definition) is 2. The monoisotopic (exact) mass is 204 g/mol. The van der Waals surface area contributed by atoms with E-state index in [0.29, 0.717) is 11.8 Å². The topological polar surface area (TPSA) is 57.4 Å². The van der Waals surface area contributed by atoms with Crippen molar-refractivity contribution >= 4 is 0 Å². The summed E-state index contributed by atoms with van der Waals surface area (Å²) in [6.07, 6.45) is 8.37. The lowest BCUT2D eigenvalue weighted by molar-refractivity contribution is 0.517. The van der Waals surface area contributed by atoms with Crippen LogP contribution in [0.5, 0.6) is 0 Å². The number of nitrogens with one attached hydrogen (secondary N) is 2. The van der Waals surface area contributed by atoms with E-state index in [1.165, 1.54) is 0 Å². The highest BCUT2D eigenvalue weighted by Gasteiger charge is 2.22. The van der Waals surface area contributed by atoms with Gasteiger partial charge in [0.1, 0.15) is 11.6 Å². The molecule has 2 aromatic rings. The summed E-state index contributed by atoms with van der Waals surface area (Å²) < 4.78 is 0. The summed E-state index contributed by atoms with van der Waals surface area (Å²) in [4.78, 5) is 15.0. The standard InChI is InChI=1S/C11H16N4/c1-3-9(11-14-6-7-15-11)8(2)10-12-4-5-13-10/h4-9H,3H2,1-2H3,(H,12,13)(H,14,15). The maximum atomic E-state index is 4.32. The van der Waals surface area contributed by atoms with Gasteiger partial charge in [0.25, 0.3) is 0 Å². The van der Waals surface area contributed by atoms with Gasteiger partial charge < -0.3 is 9.97 Å². The molecule has 2 heterocycles. The Hall–Kier alpha value is -1.58. The Morgan fingerprint density at radius 2 is 1.73 bits per heavy atom. The molecule has 80 valence electrons. The second-order valence-corrected chi connectivity index (χ2v) is 3.75. The van der Waals surface area contributed by atoms with Crippen LogP contribution in [0.1, 0.15) is 43.8 Å². The third kappa shape index (κ3) is 1.93. The molecule has 2 aromatic heterocycles. The fourth-order valence-electron chi connectivity index (χ4n) is 1.98. The van der Waals surface area contributed by atoms with E-state index in [1.54, 1.807) is 12.4 Å². The number of imidazole rings is 2. The highest BCUT2D eigenvalue weighted by molar-refractivity contribution is 5.08. The van der Waals surface area contributed by atoms with Crippen molar-refractivity contribution < 1.29 is 0 Å². The van der Waals surface area contributed by atoms with Crippen molar-refractivity contribution in [3.8, 4) is 0 Å². The molecule has 0 saturated carbocycles. The molecular formula is C11H16N4. The number of aromatic nitrogens is 4. The average Bonchev–Trinajstić information content (AvgIpc) is 2.91. The van der Waals surface area contributed by atoms with E-state index >= 15 is 0 Å². The predicted molar refractivity (Wildman–Crippen MR) is 58.6 cm³/mol. The molecule has 2 unspecified atom stereocenters. The quantitative estimate of drug-likeness (QED) is 0.803. The Bertz CT molecular complexity index is 377. The molecule has 0 aliphatic rings. The molecule has 0 fully saturated rings. The number of H-pyrrole nitrogens is 2. The summed E-state index contributed by atoms with van der Waals surface area (Å²) in [5.74, 6) is 2.82. The van der Waals surface area contributed by atoms with Crippen molar-refractivity contribution in [3.05, 3.63) is 36.4 Å². The molecule has 0 aliphatic carbocycles. The van der Waals surface area contributed by atoms with Crippen LogP contribution < -0.4 is 0 Å².